The van der Waals surface area contributed by atoms with Gasteiger partial charge in [-0.1, -0.05) is 24.3 Å². The van der Waals surface area contributed by atoms with Gasteiger partial charge in [0.25, 0.3) is 0 Å². The summed E-state index contributed by atoms with van der Waals surface area (Å²) in [5, 5.41) is 3.36. The SMILES string of the molecule is C[C@H]1CN(C(=O)Cc2ccc(C3CC3)cc2)CCN1. The summed E-state index contributed by atoms with van der Waals surface area (Å²) in [6.07, 6.45) is 3.20. The molecule has 0 aromatic heterocycles. The van der Waals surface area contributed by atoms with Crippen LogP contribution in [0, 0.1) is 0 Å². The van der Waals surface area contributed by atoms with Gasteiger partial charge < -0.3 is 10.2 Å². The van der Waals surface area contributed by atoms with Crippen molar-refractivity contribution in [3.8, 4) is 0 Å². The zero-order valence-corrected chi connectivity index (χ0v) is 11.6. The second kappa shape index (κ2) is 5.33. The standard InChI is InChI=1S/C16H22N2O/c1-12-11-18(9-8-17-12)16(19)10-13-2-4-14(5-3-13)15-6-7-15/h2-5,12,15,17H,6-11H2,1H3/t12-/m0/s1. The van der Waals surface area contributed by atoms with Crippen molar-refractivity contribution in [2.45, 2.75) is 38.1 Å². The first-order chi connectivity index (χ1) is 9.22. The highest BCUT2D eigenvalue weighted by Gasteiger charge is 2.23. The number of nitrogens with one attached hydrogen (secondary N) is 1. The molecule has 1 aliphatic heterocycles. The average Bonchev–Trinajstić information content (AvgIpc) is 3.24. The fourth-order valence-corrected chi connectivity index (χ4v) is 2.77. The third kappa shape index (κ3) is 3.16. The molecule has 1 N–H and O–H groups in total. The molecule has 3 nitrogen and oxygen atoms in total. The second-order valence-electron chi connectivity index (χ2n) is 5.89. The van der Waals surface area contributed by atoms with Crippen molar-refractivity contribution in [1.82, 2.24) is 10.2 Å². The lowest BCUT2D eigenvalue weighted by Gasteiger charge is -2.32. The van der Waals surface area contributed by atoms with Crippen LogP contribution >= 0.6 is 0 Å². The first-order valence-corrected chi connectivity index (χ1v) is 7.32. The molecular weight excluding hydrogens is 236 g/mol. The van der Waals surface area contributed by atoms with Gasteiger partial charge in [-0.15, -0.1) is 0 Å². The number of carbonyl (C=O) groups is 1. The Kier molecular flexibility index (Phi) is 3.56. The van der Waals surface area contributed by atoms with E-state index in [1.165, 1.54) is 18.4 Å². The average molecular weight is 258 g/mol. The molecule has 0 radical (unpaired) electrons. The van der Waals surface area contributed by atoms with Crippen LogP contribution in [0.5, 0.6) is 0 Å². The van der Waals surface area contributed by atoms with Crippen molar-refractivity contribution in [2.24, 2.45) is 0 Å². The Hall–Kier alpha value is -1.35. The van der Waals surface area contributed by atoms with Crippen LogP contribution in [0.15, 0.2) is 24.3 Å². The summed E-state index contributed by atoms with van der Waals surface area (Å²) < 4.78 is 0. The van der Waals surface area contributed by atoms with E-state index in [9.17, 15) is 4.79 Å². The van der Waals surface area contributed by atoms with Crippen LogP contribution in [-0.4, -0.2) is 36.5 Å². The van der Waals surface area contributed by atoms with Crippen molar-refractivity contribution < 1.29 is 4.79 Å². The van der Waals surface area contributed by atoms with Gasteiger partial charge in [0.2, 0.25) is 5.91 Å². The van der Waals surface area contributed by atoms with E-state index in [0.717, 1.165) is 31.1 Å². The first-order valence-electron chi connectivity index (χ1n) is 7.32. The molecule has 3 rings (SSSR count). The van der Waals surface area contributed by atoms with E-state index in [2.05, 4.69) is 36.5 Å². The Morgan fingerprint density at radius 1 is 1.32 bits per heavy atom. The van der Waals surface area contributed by atoms with Gasteiger partial charge in [-0.25, -0.2) is 0 Å². The maximum atomic E-state index is 12.2. The van der Waals surface area contributed by atoms with Gasteiger partial charge in [0.15, 0.2) is 0 Å². The number of amides is 1. The highest BCUT2D eigenvalue weighted by molar-refractivity contribution is 5.79. The molecule has 2 aliphatic rings. The molecule has 1 heterocycles. The van der Waals surface area contributed by atoms with E-state index in [-0.39, 0.29) is 5.91 Å². The van der Waals surface area contributed by atoms with Gasteiger partial charge in [-0.3, -0.25) is 4.79 Å². The molecule has 19 heavy (non-hydrogen) atoms. The van der Waals surface area contributed by atoms with Gasteiger partial charge >= 0.3 is 0 Å². The van der Waals surface area contributed by atoms with Crippen LogP contribution in [-0.2, 0) is 11.2 Å². The predicted molar refractivity (Wildman–Crippen MR) is 76.2 cm³/mol. The second-order valence-corrected chi connectivity index (χ2v) is 5.89. The number of nitrogens with zero attached hydrogens (tertiary/aromatic N) is 1. The third-order valence-corrected chi connectivity index (χ3v) is 4.11. The van der Waals surface area contributed by atoms with Crippen molar-refractivity contribution in [1.29, 1.82) is 0 Å². The summed E-state index contributed by atoms with van der Waals surface area (Å²) in [4.78, 5) is 14.2. The molecule has 2 fully saturated rings. The quantitative estimate of drug-likeness (QED) is 0.898. The lowest BCUT2D eigenvalue weighted by molar-refractivity contribution is -0.131. The summed E-state index contributed by atoms with van der Waals surface area (Å²) in [5.74, 6) is 1.05. The van der Waals surface area contributed by atoms with E-state index in [0.29, 0.717) is 12.5 Å². The van der Waals surface area contributed by atoms with Crippen LogP contribution in [0.25, 0.3) is 0 Å². The van der Waals surface area contributed by atoms with Crippen molar-refractivity contribution in [3.63, 3.8) is 0 Å². The largest absolute Gasteiger partial charge is 0.340 e. The molecule has 1 saturated heterocycles. The monoisotopic (exact) mass is 258 g/mol. The number of piperazine rings is 1. The Balaban J connectivity index is 1.58. The van der Waals surface area contributed by atoms with Gasteiger partial charge in [-0.05, 0) is 36.8 Å². The van der Waals surface area contributed by atoms with Gasteiger partial charge in [0, 0.05) is 25.7 Å². The maximum absolute atomic E-state index is 12.2. The minimum absolute atomic E-state index is 0.257. The van der Waals surface area contributed by atoms with Crippen LogP contribution < -0.4 is 5.32 Å². The van der Waals surface area contributed by atoms with Gasteiger partial charge in [0.1, 0.15) is 0 Å². The zero-order chi connectivity index (χ0) is 13.2. The number of benzene rings is 1. The van der Waals surface area contributed by atoms with Crippen LogP contribution in [0.3, 0.4) is 0 Å². The van der Waals surface area contributed by atoms with E-state index in [1.807, 2.05) is 4.90 Å². The maximum Gasteiger partial charge on any atom is 0.227 e. The predicted octanol–water partition coefficient (Wildman–Crippen LogP) is 1.93. The lowest BCUT2D eigenvalue weighted by atomic mass is 10.1. The third-order valence-electron chi connectivity index (χ3n) is 4.11. The number of hydrogen-bond donors (Lipinski definition) is 1. The van der Waals surface area contributed by atoms with Crippen LogP contribution in [0.1, 0.15) is 36.8 Å². The molecule has 1 atom stereocenters. The van der Waals surface area contributed by atoms with E-state index < -0.39 is 0 Å². The van der Waals surface area contributed by atoms with Crippen LogP contribution in [0.4, 0.5) is 0 Å². The highest BCUT2D eigenvalue weighted by atomic mass is 16.2. The van der Waals surface area contributed by atoms with Crippen molar-refractivity contribution in [3.05, 3.63) is 35.4 Å². The Labute approximate surface area is 115 Å². The minimum atomic E-state index is 0.257. The lowest BCUT2D eigenvalue weighted by Crippen LogP contribution is -2.51. The topological polar surface area (TPSA) is 32.3 Å². The number of carbonyl (C=O) groups excluding carboxylic acids is 1. The van der Waals surface area contributed by atoms with Gasteiger partial charge in [-0.2, -0.15) is 0 Å². The number of rotatable bonds is 3. The van der Waals surface area contributed by atoms with Gasteiger partial charge in [0.05, 0.1) is 6.42 Å². The molecule has 1 saturated carbocycles. The van der Waals surface area contributed by atoms with Crippen LogP contribution in [0.2, 0.25) is 0 Å². The van der Waals surface area contributed by atoms with E-state index in [4.69, 9.17) is 0 Å². The molecule has 3 heteroatoms. The van der Waals surface area contributed by atoms with Crippen molar-refractivity contribution in [2.75, 3.05) is 19.6 Å². The highest BCUT2D eigenvalue weighted by Crippen LogP contribution is 2.39. The Morgan fingerprint density at radius 3 is 2.68 bits per heavy atom. The Morgan fingerprint density at radius 2 is 2.05 bits per heavy atom. The molecule has 0 unspecified atom stereocenters. The molecule has 1 aliphatic carbocycles. The summed E-state index contributed by atoms with van der Waals surface area (Å²) in [5.41, 5.74) is 2.58. The summed E-state index contributed by atoms with van der Waals surface area (Å²) in [7, 11) is 0. The van der Waals surface area contributed by atoms with E-state index in [1.54, 1.807) is 0 Å². The molecule has 102 valence electrons. The molecular formula is C16H22N2O. The fraction of sp³-hybridized carbons (Fsp3) is 0.562. The zero-order valence-electron chi connectivity index (χ0n) is 11.6. The molecule has 1 aromatic carbocycles. The summed E-state index contributed by atoms with van der Waals surface area (Å²) >= 11 is 0. The Bertz CT molecular complexity index is 450. The molecule has 0 spiro atoms. The molecule has 1 amide bonds. The van der Waals surface area contributed by atoms with Crippen molar-refractivity contribution >= 4 is 5.91 Å². The summed E-state index contributed by atoms with van der Waals surface area (Å²) in [6.45, 7) is 4.71. The minimum Gasteiger partial charge on any atom is -0.340 e. The summed E-state index contributed by atoms with van der Waals surface area (Å²) in [6, 6.07) is 9.05. The van der Waals surface area contributed by atoms with E-state index >= 15 is 0 Å². The number of hydrogen-bond acceptors (Lipinski definition) is 2. The molecule has 1 aromatic rings. The first kappa shape index (κ1) is 12.7. The fourth-order valence-electron chi connectivity index (χ4n) is 2.77. The molecule has 0 bridgehead atoms. The normalized spacial score (nSPS) is 23.4. The smallest absolute Gasteiger partial charge is 0.227 e.